The van der Waals surface area contributed by atoms with Crippen molar-refractivity contribution in [3.8, 4) is 0 Å². The van der Waals surface area contributed by atoms with Crippen LogP contribution < -0.4 is 0 Å². The van der Waals surface area contributed by atoms with Crippen LogP contribution in [0, 0.1) is 28.1 Å². The van der Waals surface area contributed by atoms with Gasteiger partial charge in [-0.15, -0.1) is 0 Å². The SMILES string of the molecule is BC(B)(CC1CC2CCC1(C)C2(C)C)C(C)(C)CC. The Morgan fingerprint density at radius 2 is 1.74 bits per heavy atom. The van der Waals surface area contributed by atoms with E-state index in [0.29, 0.717) is 21.5 Å². The van der Waals surface area contributed by atoms with Gasteiger partial charge in [0.05, 0.1) is 15.7 Å². The molecule has 2 aliphatic carbocycles. The molecule has 0 aromatic heterocycles. The van der Waals surface area contributed by atoms with Crippen LogP contribution in [0.4, 0.5) is 0 Å². The van der Waals surface area contributed by atoms with Gasteiger partial charge in [0.1, 0.15) is 0 Å². The van der Waals surface area contributed by atoms with E-state index in [1.165, 1.54) is 32.1 Å². The summed E-state index contributed by atoms with van der Waals surface area (Å²) in [5.41, 5.74) is 1.62. The zero-order valence-electron chi connectivity index (χ0n) is 14.7. The standard InChI is InChI=1S/C17H34B2/c1-7-14(2,3)17(18,19)11-13-10-12-8-9-16(13,6)15(12,4)5/h12-13H,7-11,18-19H2,1-6H3. The third kappa shape index (κ3) is 2.04. The minimum atomic E-state index is 0.454. The van der Waals surface area contributed by atoms with Gasteiger partial charge in [-0.1, -0.05) is 59.6 Å². The van der Waals surface area contributed by atoms with Crippen molar-refractivity contribution in [3.63, 3.8) is 0 Å². The van der Waals surface area contributed by atoms with Crippen molar-refractivity contribution in [2.75, 3.05) is 0 Å². The molecule has 0 N–H and O–H groups in total. The van der Waals surface area contributed by atoms with Crippen LogP contribution in [0.1, 0.15) is 73.6 Å². The van der Waals surface area contributed by atoms with Crippen LogP contribution in [0.15, 0.2) is 0 Å². The van der Waals surface area contributed by atoms with Gasteiger partial charge in [0.25, 0.3) is 0 Å². The molecule has 2 rings (SSSR count). The second kappa shape index (κ2) is 4.31. The zero-order valence-corrected chi connectivity index (χ0v) is 14.7. The molecule has 0 nitrogen and oxygen atoms in total. The van der Waals surface area contributed by atoms with Gasteiger partial charge in [-0.3, -0.25) is 0 Å². The van der Waals surface area contributed by atoms with Crippen LogP contribution in [0.5, 0.6) is 0 Å². The summed E-state index contributed by atoms with van der Waals surface area (Å²) in [5, 5.41) is 0.454. The van der Waals surface area contributed by atoms with Crippen LogP contribution in [-0.2, 0) is 0 Å². The monoisotopic (exact) mass is 260 g/mol. The maximum Gasteiger partial charge on any atom is 0.0999 e. The highest BCUT2D eigenvalue weighted by atomic mass is 14.7. The molecule has 0 aromatic carbocycles. The first kappa shape index (κ1) is 15.5. The quantitative estimate of drug-likeness (QED) is 0.677. The molecule has 0 radical (unpaired) electrons. The van der Waals surface area contributed by atoms with Crippen LogP contribution in [0.3, 0.4) is 0 Å². The second-order valence-electron chi connectivity index (χ2n) is 9.63. The largest absolute Gasteiger partial charge is 0.0999 e. The predicted molar refractivity (Wildman–Crippen MR) is 91.2 cm³/mol. The van der Waals surface area contributed by atoms with Gasteiger partial charge in [0.15, 0.2) is 0 Å². The molecule has 19 heavy (non-hydrogen) atoms. The van der Waals surface area contributed by atoms with E-state index in [1.807, 2.05) is 0 Å². The fourth-order valence-electron chi connectivity index (χ4n) is 5.05. The molecule has 0 amide bonds. The van der Waals surface area contributed by atoms with Crippen molar-refractivity contribution < 1.29 is 0 Å². The molecular weight excluding hydrogens is 226 g/mol. The lowest BCUT2D eigenvalue weighted by Crippen LogP contribution is -2.39. The summed E-state index contributed by atoms with van der Waals surface area (Å²) >= 11 is 0. The summed E-state index contributed by atoms with van der Waals surface area (Å²) < 4.78 is 0. The Morgan fingerprint density at radius 1 is 1.16 bits per heavy atom. The first-order chi connectivity index (χ1) is 8.48. The van der Waals surface area contributed by atoms with E-state index in [2.05, 4.69) is 57.2 Å². The number of fused-ring (bicyclic) bond motifs is 2. The van der Waals surface area contributed by atoms with Gasteiger partial charge in [0.2, 0.25) is 0 Å². The minimum Gasteiger partial charge on any atom is -0.0793 e. The van der Waals surface area contributed by atoms with Crippen LogP contribution in [0.25, 0.3) is 0 Å². The summed E-state index contributed by atoms with van der Waals surface area (Å²) in [6, 6.07) is 0. The molecule has 2 aliphatic rings. The lowest BCUT2D eigenvalue weighted by Gasteiger charge is -2.48. The molecular formula is C17H34B2. The normalized spacial score (nSPS) is 37.8. The van der Waals surface area contributed by atoms with Crippen molar-refractivity contribution in [1.82, 2.24) is 0 Å². The number of hydrogen-bond donors (Lipinski definition) is 0. The average molecular weight is 260 g/mol. The molecule has 2 bridgehead atoms. The van der Waals surface area contributed by atoms with Gasteiger partial charge >= 0.3 is 0 Å². The summed E-state index contributed by atoms with van der Waals surface area (Å²) in [4.78, 5) is 0. The van der Waals surface area contributed by atoms with E-state index < -0.39 is 0 Å². The molecule has 0 aromatic rings. The van der Waals surface area contributed by atoms with E-state index in [0.717, 1.165) is 11.8 Å². The molecule has 0 saturated heterocycles. The van der Waals surface area contributed by atoms with Crippen molar-refractivity contribution in [1.29, 1.82) is 0 Å². The minimum absolute atomic E-state index is 0.454. The molecule has 3 atom stereocenters. The molecule has 108 valence electrons. The Kier molecular flexibility index (Phi) is 3.52. The Bertz CT molecular complexity index is 356. The molecule has 2 saturated carbocycles. The highest BCUT2D eigenvalue weighted by Gasteiger charge is 2.61. The molecule has 0 aliphatic heterocycles. The van der Waals surface area contributed by atoms with E-state index in [9.17, 15) is 0 Å². The zero-order chi connectivity index (χ0) is 14.7. The summed E-state index contributed by atoms with van der Waals surface area (Å²) in [6.45, 7) is 15.0. The van der Waals surface area contributed by atoms with E-state index in [-0.39, 0.29) is 0 Å². The average Bonchev–Trinajstić information content (AvgIpc) is 2.61. The highest BCUT2D eigenvalue weighted by Crippen LogP contribution is 2.70. The first-order valence-corrected chi connectivity index (χ1v) is 8.48. The Labute approximate surface area is 123 Å². The van der Waals surface area contributed by atoms with Crippen molar-refractivity contribution in [2.24, 2.45) is 28.1 Å². The van der Waals surface area contributed by atoms with Gasteiger partial charge in [-0.2, -0.15) is 0 Å². The lowest BCUT2D eigenvalue weighted by molar-refractivity contribution is 0.0841. The summed E-state index contributed by atoms with van der Waals surface area (Å²) in [6.07, 6.45) is 7.16. The van der Waals surface area contributed by atoms with Gasteiger partial charge in [-0.25, -0.2) is 0 Å². The highest BCUT2D eigenvalue weighted by molar-refractivity contribution is 6.40. The molecule has 2 fully saturated rings. The summed E-state index contributed by atoms with van der Waals surface area (Å²) in [7, 11) is 5.03. The summed E-state index contributed by atoms with van der Waals surface area (Å²) in [5.74, 6) is 1.94. The molecule has 0 heterocycles. The smallest absolute Gasteiger partial charge is 0.0793 e. The first-order valence-electron chi connectivity index (χ1n) is 8.48. The molecule has 2 heteroatoms. The third-order valence-electron chi connectivity index (χ3n) is 8.45. The van der Waals surface area contributed by atoms with Crippen LogP contribution in [-0.4, -0.2) is 15.7 Å². The third-order valence-corrected chi connectivity index (χ3v) is 8.45. The van der Waals surface area contributed by atoms with E-state index in [1.54, 1.807) is 0 Å². The fourth-order valence-corrected chi connectivity index (χ4v) is 5.05. The second-order valence-corrected chi connectivity index (χ2v) is 9.63. The van der Waals surface area contributed by atoms with Crippen molar-refractivity contribution in [3.05, 3.63) is 0 Å². The maximum absolute atomic E-state index is 2.60. The fraction of sp³-hybridized carbons (Fsp3) is 1.00. The topological polar surface area (TPSA) is 0 Å². The van der Waals surface area contributed by atoms with Crippen molar-refractivity contribution in [2.45, 2.75) is 78.9 Å². The molecule has 0 spiro atoms. The number of rotatable bonds is 4. The van der Waals surface area contributed by atoms with E-state index >= 15 is 0 Å². The predicted octanol–water partition coefficient (Wildman–Crippen LogP) is 3.66. The van der Waals surface area contributed by atoms with Crippen molar-refractivity contribution >= 4 is 15.7 Å². The maximum atomic E-state index is 2.60. The van der Waals surface area contributed by atoms with Crippen LogP contribution >= 0.6 is 0 Å². The van der Waals surface area contributed by atoms with Gasteiger partial charge in [-0.05, 0) is 47.3 Å². The van der Waals surface area contributed by atoms with Gasteiger partial charge in [0, 0.05) is 0 Å². The Hall–Kier alpha value is 0.130. The number of hydrogen-bond acceptors (Lipinski definition) is 0. The lowest BCUT2D eigenvalue weighted by atomic mass is 9.39. The Morgan fingerprint density at radius 3 is 2.11 bits per heavy atom. The van der Waals surface area contributed by atoms with E-state index in [4.69, 9.17) is 0 Å². The van der Waals surface area contributed by atoms with Crippen LogP contribution in [0.2, 0.25) is 5.21 Å². The molecule has 3 unspecified atom stereocenters. The van der Waals surface area contributed by atoms with Gasteiger partial charge < -0.3 is 0 Å². The Balaban J connectivity index is 2.19.